The van der Waals surface area contributed by atoms with E-state index >= 15 is 0 Å². The first-order valence-corrected chi connectivity index (χ1v) is 6.30. The minimum Gasteiger partial charge on any atom is -0.396 e. The number of aliphatic hydroxyl groups excluding tert-OH is 1. The van der Waals surface area contributed by atoms with Crippen LogP contribution in [0.3, 0.4) is 0 Å². The van der Waals surface area contributed by atoms with Gasteiger partial charge in [0.2, 0.25) is 5.95 Å². The average molecular weight is 247 g/mol. The van der Waals surface area contributed by atoms with Gasteiger partial charge in [-0.1, -0.05) is 26.0 Å². The summed E-state index contributed by atoms with van der Waals surface area (Å²) in [6.45, 7) is 5.29. The van der Waals surface area contributed by atoms with E-state index < -0.39 is 0 Å². The number of para-hydroxylation sites is 2. The van der Waals surface area contributed by atoms with Gasteiger partial charge < -0.3 is 15.0 Å². The van der Waals surface area contributed by atoms with Crippen LogP contribution in [0.5, 0.6) is 0 Å². The van der Waals surface area contributed by atoms with Crippen LogP contribution in [-0.4, -0.2) is 27.8 Å². The Balaban J connectivity index is 2.15. The van der Waals surface area contributed by atoms with Gasteiger partial charge in [0.25, 0.3) is 0 Å². The Morgan fingerprint density at radius 3 is 2.72 bits per heavy atom. The molecule has 1 aromatic carbocycles. The summed E-state index contributed by atoms with van der Waals surface area (Å²) < 4.78 is 2.06. The van der Waals surface area contributed by atoms with Crippen LogP contribution < -0.4 is 5.32 Å². The molecule has 0 spiro atoms. The van der Waals surface area contributed by atoms with Gasteiger partial charge in [-0.3, -0.25) is 0 Å². The third-order valence-corrected chi connectivity index (χ3v) is 3.30. The van der Waals surface area contributed by atoms with Crippen LogP contribution in [0.25, 0.3) is 11.0 Å². The van der Waals surface area contributed by atoms with Crippen molar-refractivity contribution in [2.75, 3.05) is 18.5 Å². The molecule has 0 aliphatic carbocycles. The van der Waals surface area contributed by atoms with Crippen LogP contribution in [0.2, 0.25) is 0 Å². The summed E-state index contributed by atoms with van der Waals surface area (Å²) in [5.74, 6) is 0.877. The molecule has 0 aliphatic heterocycles. The molecule has 0 unspecified atom stereocenters. The molecule has 2 aromatic rings. The fourth-order valence-corrected chi connectivity index (χ4v) is 2.01. The second kappa shape index (κ2) is 4.98. The van der Waals surface area contributed by atoms with E-state index in [9.17, 15) is 0 Å². The number of aromatic nitrogens is 2. The summed E-state index contributed by atoms with van der Waals surface area (Å²) in [5, 5.41) is 12.4. The molecule has 2 N–H and O–H groups in total. The van der Waals surface area contributed by atoms with Gasteiger partial charge >= 0.3 is 0 Å². The second-order valence-electron chi connectivity index (χ2n) is 5.47. The van der Waals surface area contributed by atoms with E-state index in [1.807, 2.05) is 25.2 Å². The maximum atomic E-state index is 9.02. The number of aliphatic hydroxyl groups is 1. The van der Waals surface area contributed by atoms with E-state index in [0.29, 0.717) is 0 Å². The number of nitrogens with one attached hydrogen (secondary N) is 1. The highest BCUT2D eigenvalue weighted by Crippen LogP contribution is 2.22. The van der Waals surface area contributed by atoms with Crippen molar-refractivity contribution < 1.29 is 5.11 Å². The van der Waals surface area contributed by atoms with Gasteiger partial charge in [0.1, 0.15) is 0 Å². The largest absolute Gasteiger partial charge is 0.396 e. The van der Waals surface area contributed by atoms with Crippen molar-refractivity contribution in [1.29, 1.82) is 0 Å². The molecule has 0 fully saturated rings. The lowest BCUT2D eigenvalue weighted by Gasteiger charge is -2.24. The Labute approximate surface area is 108 Å². The number of aryl methyl sites for hydroxylation is 1. The number of nitrogens with zero attached hydrogens (tertiary/aromatic N) is 2. The SMILES string of the molecule is Cn1c(NCC(C)(C)CCO)nc2ccccc21. The van der Waals surface area contributed by atoms with Gasteiger partial charge in [-0.25, -0.2) is 4.98 Å². The summed E-state index contributed by atoms with van der Waals surface area (Å²) >= 11 is 0. The van der Waals surface area contributed by atoms with Crippen LogP contribution in [0.4, 0.5) is 5.95 Å². The lowest BCUT2D eigenvalue weighted by molar-refractivity contribution is 0.220. The number of hydrogen-bond donors (Lipinski definition) is 2. The lowest BCUT2D eigenvalue weighted by atomic mass is 9.90. The summed E-state index contributed by atoms with van der Waals surface area (Å²) in [6.07, 6.45) is 0.782. The quantitative estimate of drug-likeness (QED) is 0.853. The molecule has 4 nitrogen and oxygen atoms in total. The predicted molar refractivity (Wildman–Crippen MR) is 74.7 cm³/mol. The van der Waals surface area contributed by atoms with E-state index in [0.717, 1.165) is 29.9 Å². The van der Waals surface area contributed by atoms with Crippen molar-refractivity contribution in [2.45, 2.75) is 20.3 Å². The molecule has 98 valence electrons. The van der Waals surface area contributed by atoms with E-state index in [1.54, 1.807) is 0 Å². The van der Waals surface area contributed by atoms with Crippen LogP contribution in [0.15, 0.2) is 24.3 Å². The third-order valence-electron chi connectivity index (χ3n) is 3.30. The summed E-state index contributed by atoms with van der Waals surface area (Å²) in [5.41, 5.74) is 2.19. The molecule has 0 bridgehead atoms. The first kappa shape index (κ1) is 12.9. The number of hydrogen-bond acceptors (Lipinski definition) is 3. The maximum Gasteiger partial charge on any atom is 0.203 e. The summed E-state index contributed by atoms with van der Waals surface area (Å²) in [7, 11) is 2.01. The monoisotopic (exact) mass is 247 g/mol. The molecule has 0 aliphatic rings. The van der Waals surface area contributed by atoms with Gasteiger partial charge in [-0.2, -0.15) is 0 Å². The Kier molecular flexibility index (Phi) is 3.57. The number of imidazole rings is 1. The van der Waals surface area contributed by atoms with Gasteiger partial charge in [0.05, 0.1) is 11.0 Å². The van der Waals surface area contributed by atoms with Gasteiger partial charge in [0.15, 0.2) is 0 Å². The zero-order chi connectivity index (χ0) is 13.2. The molecule has 0 amide bonds. The zero-order valence-corrected chi connectivity index (χ0v) is 11.3. The predicted octanol–water partition coefficient (Wildman–Crippen LogP) is 2.39. The van der Waals surface area contributed by atoms with Crippen LogP contribution in [0, 0.1) is 5.41 Å². The molecule has 2 rings (SSSR count). The van der Waals surface area contributed by atoms with Crippen LogP contribution in [-0.2, 0) is 7.05 Å². The topological polar surface area (TPSA) is 50.1 Å². The number of fused-ring (bicyclic) bond motifs is 1. The second-order valence-corrected chi connectivity index (χ2v) is 5.47. The van der Waals surface area contributed by atoms with Crippen molar-refractivity contribution >= 4 is 17.0 Å². The zero-order valence-electron chi connectivity index (χ0n) is 11.3. The number of rotatable bonds is 5. The highest BCUT2D eigenvalue weighted by atomic mass is 16.3. The Morgan fingerprint density at radius 1 is 1.33 bits per heavy atom. The molecule has 0 radical (unpaired) electrons. The average Bonchev–Trinajstić information content (AvgIpc) is 2.65. The fourth-order valence-electron chi connectivity index (χ4n) is 2.01. The molecule has 0 saturated heterocycles. The first-order chi connectivity index (χ1) is 8.53. The van der Waals surface area contributed by atoms with Crippen molar-refractivity contribution in [3.05, 3.63) is 24.3 Å². The molecule has 0 saturated carbocycles. The number of anilines is 1. The minimum atomic E-state index is 0.0624. The third kappa shape index (κ3) is 2.64. The summed E-state index contributed by atoms with van der Waals surface area (Å²) in [6, 6.07) is 8.09. The smallest absolute Gasteiger partial charge is 0.203 e. The summed E-state index contributed by atoms with van der Waals surface area (Å²) in [4.78, 5) is 4.56. The Morgan fingerprint density at radius 2 is 2.06 bits per heavy atom. The van der Waals surface area contributed by atoms with Crippen molar-refractivity contribution in [2.24, 2.45) is 12.5 Å². The molecular formula is C14H21N3O. The maximum absolute atomic E-state index is 9.02. The number of benzene rings is 1. The first-order valence-electron chi connectivity index (χ1n) is 6.30. The molecule has 4 heteroatoms. The standard InChI is InChI=1S/C14H21N3O/c1-14(2,8-9-18)10-15-13-16-11-6-4-5-7-12(11)17(13)3/h4-7,18H,8-10H2,1-3H3,(H,15,16). The molecule has 1 aromatic heterocycles. The normalized spacial score (nSPS) is 12.0. The fraction of sp³-hybridized carbons (Fsp3) is 0.500. The molecule has 1 heterocycles. The molecule has 18 heavy (non-hydrogen) atoms. The van der Waals surface area contributed by atoms with E-state index in [1.165, 1.54) is 0 Å². The highest BCUT2D eigenvalue weighted by molar-refractivity contribution is 5.78. The Bertz CT molecular complexity index is 531. The molecular weight excluding hydrogens is 226 g/mol. The van der Waals surface area contributed by atoms with Crippen molar-refractivity contribution in [1.82, 2.24) is 9.55 Å². The lowest BCUT2D eigenvalue weighted by Crippen LogP contribution is -2.25. The van der Waals surface area contributed by atoms with Gasteiger partial charge in [-0.05, 0) is 24.0 Å². The van der Waals surface area contributed by atoms with Gasteiger partial charge in [0, 0.05) is 20.2 Å². The molecule has 0 atom stereocenters. The van der Waals surface area contributed by atoms with Crippen molar-refractivity contribution in [3.8, 4) is 0 Å². The minimum absolute atomic E-state index is 0.0624. The van der Waals surface area contributed by atoms with E-state index in [-0.39, 0.29) is 12.0 Å². The van der Waals surface area contributed by atoms with Crippen LogP contribution in [0.1, 0.15) is 20.3 Å². The van der Waals surface area contributed by atoms with Gasteiger partial charge in [-0.15, -0.1) is 0 Å². The van der Waals surface area contributed by atoms with Crippen molar-refractivity contribution in [3.63, 3.8) is 0 Å². The van der Waals surface area contributed by atoms with Crippen LogP contribution >= 0.6 is 0 Å². The Hall–Kier alpha value is -1.55. The van der Waals surface area contributed by atoms with E-state index in [2.05, 4.69) is 34.8 Å². The highest BCUT2D eigenvalue weighted by Gasteiger charge is 2.18. The van der Waals surface area contributed by atoms with E-state index in [4.69, 9.17) is 5.11 Å².